The maximum absolute atomic E-state index is 12.3. The Morgan fingerprint density at radius 3 is 2.61 bits per heavy atom. The van der Waals surface area contributed by atoms with Crippen LogP contribution >= 0.6 is 0 Å². The van der Waals surface area contributed by atoms with Crippen molar-refractivity contribution >= 4 is 6.03 Å². The van der Waals surface area contributed by atoms with Gasteiger partial charge in [-0.05, 0) is 24.6 Å². The first-order valence-corrected chi connectivity index (χ1v) is 6.39. The van der Waals surface area contributed by atoms with E-state index in [4.69, 9.17) is 4.74 Å². The van der Waals surface area contributed by atoms with Crippen LogP contribution in [0.4, 0.5) is 13.6 Å². The fourth-order valence-electron chi connectivity index (χ4n) is 2.23. The minimum absolute atomic E-state index is 0.0315. The van der Waals surface area contributed by atoms with Crippen LogP contribution in [0.25, 0.3) is 0 Å². The summed E-state index contributed by atoms with van der Waals surface area (Å²) in [7, 11) is 1.24. The molecular weight excluding hydrogens is 316 g/mol. The molecule has 0 bridgehead atoms. The Labute approximate surface area is 129 Å². The van der Waals surface area contributed by atoms with Gasteiger partial charge >= 0.3 is 12.6 Å². The summed E-state index contributed by atoms with van der Waals surface area (Å²) < 4.78 is 33.9. The van der Waals surface area contributed by atoms with Gasteiger partial charge in [-0.15, -0.1) is 0 Å². The van der Waals surface area contributed by atoms with Crippen molar-refractivity contribution < 1.29 is 28.0 Å². The van der Waals surface area contributed by atoms with Gasteiger partial charge in [0.2, 0.25) is 0 Å². The average Bonchev–Trinajstić information content (AvgIpc) is 2.45. The molecule has 1 aliphatic heterocycles. The number of nitrogens with one attached hydrogen (secondary N) is 2. The SMILES string of the molecule is COc1cc([C@@H]2NC(=O)NC(C)=C2[N+](=O)[O-])ccc1OC(F)F. The molecule has 0 saturated heterocycles. The summed E-state index contributed by atoms with van der Waals surface area (Å²) in [5, 5.41) is 15.9. The molecule has 2 N–H and O–H groups in total. The zero-order chi connectivity index (χ0) is 17.1. The second-order valence-corrected chi connectivity index (χ2v) is 4.59. The highest BCUT2D eigenvalue weighted by Crippen LogP contribution is 2.34. The van der Waals surface area contributed by atoms with Crippen molar-refractivity contribution in [2.75, 3.05) is 7.11 Å². The number of nitro groups is 1. The Balaban J connectivity index is 2.45. The molecular formula is C13H13F2N3O5. The Hall–Kier alpha value is -2.91. The normalized spacial score (nSPS) is 17.6. The van der Waals surface area contributed by atoms with Crippen molar-refractivity contribution in [3.8, 4) is 11.5 Å². The Morgan fingerprint density at radius 1 is 1.35 bits per heavy atom. The Morgan fingerprint density at radius 2 is 2.04 bits per heavy atom. The average molecular weight is 329 g/mol. The highest BCUT2D eigenvalue weighted by atomic mass is 19.3. The highest BCUT2D eigenvalue weighted by molar-refractivity contribution is 5.78. The van der Waals surface area contributed by atoms with Crippen molar-refractivity contribution in [1.29, 1.82) is 0 Å². The molecule has 124 valence electrons. The molecule has 1 aromatic rings. The van der Waals surface area contributed by atoms with E-state index in [1.54, 1.807) is 0 Å². The quantitative estimate of drug-likeness (QED) is 0.636. The van der Waals surface area contributed by atoms with Crippen LogP contribution in [0.5, 0.6) is 11.5 Å². The molecule has 0 fully saturated rings. The highest BCUT2D eigenvalue weighted by Gasteiger charge is 2.35. The number of ether oxygens (including phenoxy) is 2. The van der Waals surface area contributed by atoms with Crippen LogP contribution in [0.15, 0.2) is 29.6 Å². The molecule has 0 radical (unpaired) electrons. The van der Waals surface area contributed by atoms with E-state index >= 15 is 0 Å². The van der Waals surface area contributed by atoms with Crippen molar-refractivity contribution in [2.45, 2.75) is 19.6 Å². The number of amides is 2. The molecule has 1 atom stereocenters. The van der Waals surface area contributed by atoms with Crippen molar-refractivity contribution in [3.05, 3.63) is 45.3 Å². The molecule has 10 heteroatoms. The molecule has 1 aliphatic rings. The molecule has 0 spiro atoms. The summed E-state index contributed by atoms with van der Waals surface area (Å²) in [4.78, 5) is 22.2. The molecule has 0 saturated carbocycles. The van der Waals surface area contributed by atoms with Crippen LogP contribution in [-0.4, -0.2) is 24.7 Å². The molecule has 0 aliphatic carbocycles. The number of carbonyl (C=O) groups is 1. The summed E-state index contributed by atoms with van der Waals surface area (Å²) in [5.74, 6) is -0.245. The summed E-state index contributed by atoms with van der Waals surface area (Å²) in [5.41, 5.74) is 0.133. The van der Waals surface area contributed by atoms with E-state index in [9.17, 15) is 23.7 Å². The topological polar surface area (TPSA) is 103 Å². The van der Waals surface area contributed by atoms with Crippen molar-refractivity contribution in [2.24, 2.45) is 0 Å². The first-order chi connectivity index (χ1) is 10.8. The van der Waals surface area contributed by atoms with Gasteiger partial charge < -0.3 is 20.1 Å². The molecule has 0 unspecified atom stereocenters. The van der Waals surface area contributed by atoms with Gasteiger partial charge in [-0.3, -0.25) is 10.1 Å². The predicted octanol–water partition coefficient (Wildman–Crippen LogP) is 2.16. The fraction of sp³-hybridized carbons (Fsp3) is 0.308. The van der Waals surface area contributed by atoms with E-state index in [0.717, 1.165) is 0 Å². The van der Waals surface area contributed by atoms with Crippen molar-refractivity contribution in [1.82, 2.24) is 10.6 Å². The van der Waals surface area contributed by atoms with E-state index in [0.29, 0.717) is 5.56 Å². The monoisotopic (exact) mass is 329 g/mol. The number of halogens is 2. The second-order valence-electron chi connectivity index (χ2n) is 4.59. The number of carbonyl (C=O) groups excluding carboxylic acids is 1. The lowest BCUT2D eigenvalue weighted by molar-refractivity contribution is -0.432. The number of allylic oxidation sites excluding steroid dienone is 1. The summed E-state index contributed by atoms with van der Waals surface area (Å²) in [6.45, 7) is -1.64. The van der Waals surface area contributed by atoms with Gasteiger partial charge in [0.05, 0.1) is 17.7 Å². The minimum atomic E-state index is -3.04. The van der Waals surface area contributed by atoms with Gasteiger partial charge in [-0.25, -0.2) is 4.79 Å². The molecule has 2 rings (SSSR count). The molecule has 1 heterocycles. The third-order valence-corrected chi connectivity index (χ3v) is 3.17. The van der Waals surface area contributed by atoms with Gasteiger partial charge in [0.15, 0.2) is 11.5 Å². The summed E-state index contributed by atoms with van der Waals surface area (Å²) in [6, 6.07) is 2.18. The first kappa shape index (κ1) is 16.5. The third-order valence-electron chi connectivity index (χ3n) is 3.17. The zero-order valence-electron chi connectivity index (χ0n) is 12.1. The summed E-state index contributed by atoms with van der Waals surface area (Å²) in [6.07, 6.45) is 0. The van der Waals surface area contributed by atoms with Crippen LogP contribution in [0.1, 0.15) is 18.5 Å². The maximum atomic E-state index is 12.3. The predicted molar refractivity (Wildman–Crippen MR) is 73.7 cm³/mol. The van der Waals surface area contributed by atoms with Gasteiger partial charge in [-0.2, -0.15) is 8.78 Å². The van der Waals surface area contributed by atoms with Gasteiger partial charge in [0.1, 0.15) is 6.04 Å². The molecule has 8 nitrogen and oxygen atoms in total. The largest absolute Gasteiger partial charge is 0.493 e. The van der Waals surface area contributed by atoms with E-state index in [2.05, 4.69) is 15.4 Å². The summed E-state index contributed by atoms with van der Waals surface area (Å²) >= 11 is 0. The molecule has 23 heavy (non-hydrogen) atoms. The Bertz CT molecular complexity index is 678. The molecule has 2 amide bonds. The number of benzene rings is 1. The zero-order valence-corrected chi connectivity index (χ0v) is 12.1. The van der Waals surface area contributed by atoms with Crippen LogP contribution < -0.4 is 20.1 Å². The lowest BCUT2D eigenvalue weighted by atomic mass is 10.0. The number of hydrogen-bond donors (Lipinski definition) is 2. The van der Waals surface area contributed by atoms with Crippen LogP contribution in [0, 0.1) is 10.1 Å². The molecule has 0 aromatic heterocycles. The number of urea groups is 1. The van der Waals surface area contributed by atoms with Gasteiger partial charge in [0.25, 0.3) is 5.70 Å². The van der Waals surface area contributed by atoms with Crippen LogP contribution in [0.2, 0.25) is 0 Å². The second kappa shape index (κ2) is 6.46. The minimum Gasteiger partial charge on any atom is -0.493 e. The lowest BCUT2D eigenvalue weighted by Gasteiger charge is -2.24. The lowest BCUT2D eigenvalue weighted by Crippen LogP contribution is -2.45. The van der Waals surface area contributed by atoms with Crippen molar-refractivity contribution in [3.63, 3.8) is 0 Å². The van der Waals surface area contributed by atoms with Crippen LogP contribution in [0.3, 0.4) is 0 Å². The standard InChI is InChI=1S/C13H13F2N3O5/c1-6-11(18(20)21)10(17-13(19)16-6)7-3-4-8(23-12(14)15)9(5-7)22-2/h3-5,10,12H,1-2H3,(H2,16,17,19)/t10-/m0/s1. The van der Waals surface area contributed by atoms with E-state index in [1.807, 2.05) is 0 Å². The van der Waals surface area contributed by atoms with Gasteiger partial charge in [-0.1, -0.05) is 6.07 Å². The fourth-order valence-corrected chi connectivity index (χ4v) is 2.23. The van der Waals surface area contributed by atoms with E-state index < -0.39 is 23.6 Å². The third kappa shape index (κ3) is 3.47. The maximum Gasteiger partial charge on any atom is 0.387 e. The van der Waals surface area contributed by atoms with E-state index in [-0.39, 0.29) is 22.9 Å². The first-order valence-electron chi connectivity index (χ1n) is 6.39. The Kier molecular flexibility index (Phi) is 4.63. The van der Waals surface area contributed by atoms with Gasteiger partial charge in [0, 0.05) is 0 Å². The number of nitrogens with zero attached hydrogens (tertiary/aromatic N) is 1. The van der Waals surface area contributed by atoms with Crippen LogP contribution in [-0.2, 0) is 0 Å². The smallest absolute Gasteiger partial charge is 0.387 e. The number of methoxy groups -OCH3 is 1. The number of alkyl halides is 2. The van der Waals surface area contributed by atoms with E-state index in [1.165, 1.54) is 32.2 Å². The molecule has 1 aromatic carbocycles. The number of hydrogen-bond acceptors (Lipinski definition) is 5. The number of rotatable bonds is 5.